The summed E-state index contributed by atoms with van der Waals surface area (Å²) in [5, 5.41) is 7.88. The van der Waals surface area contributed by atoms with E-state index in [9.17, 15) is 0 Å². The monoisotopic (exact) mass is 116 g/mol. The molecule has 0 saturated heterocycles. The van der Waals surface area contributed by atoms with E-state index in [-0.39, 0.29) is 0 Å². The largest absolute Gasteiger partial charge is 0.396 e. The van der Waals surface area contributed by atoms with Crippen LogP contribution in [0.5, 0.6) is 0 Å². The molecule has 48 valence electrons. The molecule has 8 heavy (non-hydrogen) atoms. The van der Waals surface area contributed by atoms with Crippen LogP contribution in [0, 0.1) is 0 Å². The molecule has 0 amide bonds. The summed E-state index contributed by atoms with van der Waals surface area (Å²) in [5.41, 5.74) is 0. The number of aldehydes is 1. The lowest BCUT2D eigenvalue weighted by molar-refractivity contribution is -0.104. The molecule has 0 aliphatic rings. The maximum Gasteiger partial charge on any atom is 0.142 e. The first-order valence-electron chi connectivity index (χ1n) is 2.50. The third-order valence-corrected chi connectivity index (χ3v) is 0.320. The second-order valence-electron chi connectivity index (χ2n) is 1.10. The van der Waals surface area contributed by atoms with Gasteiger partial charge in [0.25, 0.3) is 0 Å². The van der Waals surface area contributed by atoms with Crippen molar-refractivity contribution < 1.29 is 9.90 Å². The van der Waals surface area contributed by atoms with Crippen LogP contribution in [0.25, 0.3) is 0 Å². The van der Waals surface area contributed by atoms with Crippen molar-refractivity contribution in [2.24, 2.45) is 0 Å². The summed E-state index contributed by atoms with van der Waals surface area (Å²) < 4.78 is 0. The topological polar surface area (TPSA) is 37.3 Å². The molecule has 0 aromatic rings. The number of aliphatic hydroxyl groups is 1. The predicted molar refractivity (Wildman–Crippen MR) is 33.6 cm³/mol. The summed E-state index contributed by atoms with van der Waals surface area (Å²) in [6.07, 6.45) is 2.71. The first-order valence-corrected chi connectivity index (χ1v) is 2.50. The summed E-state index contributed by atoms with van der Waals surface area (Å²) >= 11 is 0. The van der Waals surface area contributed by atoms with Crippen molar-refractivity contribution in [3.05, 3.63) is 12.7 Å². The first kappa shape index (κ1) is 10.4. The molecule has 0 unspecified atom stereocenters. The van der Waals surface area contributed by atoms with Gasteiger partial charge in [0.15, 0.2) is 0 Å². The summed E-state index contributed by atoms with van der Waals surface area (Å²) in [5.74, 6) is 0. The molecule has 0 saturated carbocycles. The molecule has 0 aromatic heterocycles. The summed E-state index contributed by atoms with van der Waals surface area (Å²) in [7, 11) is 0. The van der Waals surface area contributed by atoms with Crippen LogP contribution in [0.4, 0.5) is 0 Å². The highest BCUT2D eigenvalue weighted by Crippen LogP contribution is 1.61. The summed E-state index contributed by atoms with van der Waals surface area (Å²) in [6.45, 7) is 5.36. The van der Waals surface area contributed by atoms with Gasteiger partial charge in [0, 0.05) is 6.61 Å². The van der Waals surface area contributed by atoms with Gasteiger partial charge in [-0.25, -0.2) is 0 Å². The van der Waals surface area contributed by atoms with Crippen LogP contribution in [0.2, 0.25) is 0 Å². The Morgan fingerprint density at radius 3 is 2.00 bits per heavy atom. The number of rotatable bonds is 2. The highest BCUT2D eigenvalue weighted by atomic mass is 16.2. The fraction of sp³-hybridized carbons (Fsp3) is 0.500. The molecule has 0 aliphatic carbocycles. The van der Waals surface area contributed by atoms with E-state index in [2.05, 4.69) is 6.58 Å². The van der Waals surface area contributed by atoms with E-state index < -0.39 is 0 Å². The fourth-order valence-corrected chi connectivity index (χ4v) is 0. The van der Waals surface area contributed by atoms with E-state index in [1.165, 1.54) is 6.08 Å². The fourth-order valence-electron chi connectivity index (χ4n) is 0. The van der Waals surface area contributed by atoms with Gasteiger partial charge in [-0.15, -0.1) is 0 Å². The Hall–Kier alpha value is -0.630. The number of hydrogen-bond acceptors (Lipinski definition) is 2. The number of allylic oxidation sites excluding steroid dienone is 1. The Morgan fingerprint density at radius 1 is 1.75 bits per heavy atom. The van der Waals surface area contributed by atoms with Gasteiger partial charge >= 0.3 is 0 Å². The summed E-state index contributed by atoms with van der Waals surface area (Å²) in [4.78, 5) is 9.06. The lowest BCUT2D eigenvalue weighted by Crippen LogP contribution is -1.69. The van der Waals surface area contributed by atoms with E-state index >= 15 is 0 Å². The van der Waals surface area contributed by atoms with Gasteiger partial charge in [-0.05, 0) is 12.5 Å². The van der Waals surface area contributed by atoms with Crippen LogP contribution in [0.1, 0.15) is 13.3 Å². The van der Waals surface area contributed by atoms with Crippen LogP contribution >= 0.6 is 0 Å². The standard InChI is InChI=1S/C3H8O.C3H4O/c2*1-2-3-4/h4H,2-3H2,1H3;2-3H,1H2. The van der Waals surface area contributed by atoms with Crippen LogP contribution in [0.15, 0.2) is 12.7 Å². The SMILES string of the molecule is C=CC=O.CCCO. The average Bonchev–Trinajstić information content (AvgIpc) is 1.88. The second-order valence-corrected chi connectivity index (χ2v) is 1.10. The van der Waals surface area contributed by atoms with Crippen molar-refractivity contribution in [3.8, 4) is 0 Å². The molecule has 0 fully saturated rings. The van der Waals surface area contributed by atoms with Gasteiger partial charge in [0.2, 0.25) is 0 Å². The molecule has 2 nitrogen and oxygen atoms in total. The Kier molecular flexibility index (Phi) is 21.0. The van der Waals surface area contributed by atoms with Gasteiger partial charge < -0.3 is 5.11 Å². The molecule has 0 heterocycles. The summed E-state index contributed by atoms with van der Waals surface area (Å²) in [6, 6.07) is 0. The molecule has 0 rings (SSSR count). The van der Waals surface area contributed by atoms with E-state index in [4.69, 9.17) is 9.90 Å². The maximum absolute atomic E-state index is 9.06. The molecule has 0 bridgehead atoms. The zero-order chi connectivity index (χ0) is 6.83. The minimum atomic E-state index is 0.319. The van der Waals surface area contributed by atoms with Crippen molar-refractivity contribution in [2.45, 2.75) is 13.3 Å². The van der Waals surface area contributed by atoms with Crippen LogP contribution < -0.4 is 0 Å². The molecule has 0 atom stereocenters. The van der Waals surface area contributed by atoms with Gasteiger partial charge in [-0.3, -0.25) is 4.79 Å². The molecular weight excluding hydrogens is 104 g/mol. The second kappa shape index (κ2) is 16.2. The van der Waals surface area contributed by atoms with Gasteiger partial charge in [0.05, 0.1) is 0 Å². The van der Waals surface area contributed by atoms with Crippen LogP contribution in [0.3, 0.4) is 0 Å². The molecule has 0 aliphatic heterocycles. The lowest BCUT2D eigenvalue weighted by atomic mass is 10.5. The number of aliphatic hydroxyl groups excluding tert-OH is 1. The first-order chi connectivity index (χ1) is 3.83. The minimum absolute atomic E-state index is 0.319. The third-order valence-electron chi connectivity index (χ3n) is 0.320. The van der Waals surface area contributed by atoms with Crippen LogP contribution in [-0.2, 0) is 4.79 Å². The van der Waals surface area contributed by atoms with E-state index in [1.54, 1.807) is 0 Å². The van der Waals surface area contributed by atoms with Gasteiger partial charge in [-0.1, -0.05) is 13.5 Å². The molecule has 1 N–H and O–H groups in total. The Morgan fingerprint density at radius 2 is 2.00 bits per heavy atom. The van der Waals surface area contributed by atoms with E-state index in [0.29, 0.717) is 12.9 Å². The minimum Gasteiger partial charge on any atom is -0.396 e. The van der Waals surface area contributed by atoms with Gasteiger partial charge in [0.1, 0.15) is 6.29 Å². The van der Waals surface area contributed by atoms with Crippen molar-refractivity contribution in [1.82, 2.24) is 0 Å². The average molecular weight is 116 g/mol. The Labute approximate surface area is 49.8 Å². The highest BCUT2D eigenvalue weighted by Gasteiger charge is 1.57. The Bertz CT molecular complexity index is 42.5. The van der Waals surface area contributed by atoms with Crippen molar-refractivity contribution >= 4 is 6.29 Å². The normalized spacial score (nSPS) is 6.25. The Balaban J connectivity index is 0. The molecule has 0 radical (unpaired) electrons. The molecule has 0 aromatic carbocycles. The van der Waals surface area contributed by atoms with E-state index in [1.807, 2.05) is 6.92 Å². The highest BCUT2D eigenvalue weighted by molar-refractivity contribution is 5.63. The smallest absolute Gasteiger partial charge is 0.142 e. The predicted octanol–water partition coefficient (Wildman–Crippen LogP) is 0.760. The van der Waals surface area contributed by atoms with Crippen molar-refractivity contribution in [1.29, 1.82) is 0 Å². The quantitative estimate of drug-likeness (QED) is 0.427. The number of hydrogen-bond donors (Lipinski definition) is 1. The van der Waals surface area contributed by atoms with Crippen molar-refractivity contribution in [3.63, 3.8) is 0 Å². The third kappa shape index (κ3) is 54.6. The number of carbonyl (C=O) groups excluding carboxylic acids is 1. The van der Waals surface area contributed by atoms with Gasteiger partial charge in [-0.2, -0.15) is 0 Å². The number of carbonyl (C=O) groups is 1. The van der Waals surface area contributed by atoms with Crippen molar-refractivity contribution in [2.75, 3.05) is 6.61 Å². The van der Waals surface area contributed by atoms with E-state index in [0.717, 1.165) is 6.42 Å². The maximum atomic E-state index is 9.06. The molecular formula is C6H12O2. The molecule has 0 spiro atoms. The lowest BCUT2D eigenvalue weighted by Gasteiger charge is -1.69. The molecule has 2 heteroatoms. The zero-order valence-corrected chi connectivity index (χ0v) is 5.13. The zero-order valence-electron chi connectivity index (χ0n) is 5.13. The van der Waals surface area contributed by atoms with Crippen LogP contribution in [-0.4, -0.2) is 18.0 Å².